The van der Waals surface area contributed by atoms with E-state index in [4.69, 9.17) is 9.47 Å². The van der Waals surface area contributed by atoms with Gasteiger partial charge in [0.05, 0.1) is 7.11 Å². The fourth-order valence-corrected chi connectivity index (χ4v) is 0.847. The summed E-state index contributed by atoms with van der Waals surface area (Å²) in [6.07, 6.45) is 0. The van der Waals surface area contributed by atoms with Crippen LogP contribution < -0.4 is 9.47 Å². The summed E-state index contributed by atoms with van der Waals surface area (Å²) in [6.45, 7) is -0.385. The molecular weight excluding hydrogens is 159 g/mol. The van der Waals surface area contributed by atoms with Gasteiger partial charge in [-0.05, 0) is 12.1 Å². The second-order valence-electron chi connectivity index (χ2n) is 2.22. The number of methoxy groups -OCH3 is 1. The summed E-state index contributed by atoms with van der Waals surface area (Å²) >= 11 is 0. The minimum Gasteiger partial charge on any atom is -0.497 e. The van der Waals surface area contributed by atoms with E-state index in [1.165, 1.54) is 0 Å². The highest BCUT2D eigenvalue weighted by atomic mass is 19.1. The Kier molecular flexibility index (Phi) is 3.38. The fraction of sp³-hybridized carbons (Fsp3) is 0.333. The van der Waals surface area contributed by atoms with Crippen molar-refractivity contribution in [2.24, 2.45) is 0 Å². The van der Waals surface area contributed by atoms with Gasteiger partial charge < -0.3 is 9.47 Å². The Hall–Kier alpha value is -1.25. The SMILES string of the molecule is COc1cccc(OCCF)c1. The van der Waals surface area contributed by atoms with Crippen molar-refractivity contribution in [1.82, 2.24) is 0 Å². The highest BCUT2D eigenvalue weighted by molar-refractivity contribution is 5.32. The standard InChI is InChI=1S/C9H11FO2/c1-11-8-3-2-4-9(7-8)12-6-5-10/h2-4,7H,5-6H2,1H3. The van der Waals surface area contributed by atoms with Crippen molar-refractivity contribution >= 4 is 0 Å². The first-order chi connectivity index (χ1) is 5.86. The molecule has 12 heavy (non-hydrogen) atoms. The van der Waals surface area contributed by atoms with Crippen LogP contribution in [0.15, 0.2) is 24.3 Å². The average molecular weight is 170 g/mol. The van der Waals surface area contributed by atoms with Gasteiger partial charge in [-0.3, -0.25) is 0 Å². The number of rotatable bonds is 4. The lowest BCUT2D eigenvalue weighted by Gasteiger charge is -2.04. The van der Waals surface area contributed by atoms with Crippen LogP contribution in [0.5, 0.6) is 11.5 Å². The van der Waals surface area contributed by atoms with E-state index < -0.39 is 6.67 Å². The molecule has 0 saturated heterocycles. The fourth-order valence-electron chi connectivity index (χ4n) is 0.847. The first-order valence-electron chi connectivity index (χ1n) is 3.69. The summed E-state index contributed by atoms with van der Waals surface area (Å²) in [5.74, 6) is 1.35. The molecule has 66 valence electrons. The van der Waals surface area contributed by atoms with E-state index >= 15 is 0 Å². The zero-order valence-corrected chi connectivity index (χ0v) is 6.92. The van der Waals surface area contributed by atoms with E-state index in [9.17, 15) is 4.39 Å². The van der Waals surface area contributed by atoms with Gasteiger partial charge in [0.25, 0.3) is 0 Å². The molecule has 0 bridgehead atoms. The van der Waals surface area contributed by atoms with Crippen LogP contribution in [0, 0.1) is 0 Å². The zero-order chi connectivity index (χ0) is 8.81. The predicted octanol–water partition coefficient (Wildman–Crippen LogP) is 2.04. The summed E-state index contributed by atoms with van der Waals surface area (Å²) in [6, 6.07) is 7.09. The highest BCUT2D eigenvalue weighted by Gasteiger charge is 1.94. The van der Waals surface area contributed by atoms with Crippen molar-refractivity contribution in [3.05, 3.63) is 24.3 Å². The van der Waals surface area contributed by atoms with Crippen LogP contribution in [-0.2, 0) is 0 Å². The molecule has 0 spiro atoms. The third-order valence-corrected chi connectivity index (χ3v) is 1.39. The van der Waals surface area contributed by atoms with Gasteiger partial charge in [-0.2, -0.15) is 0 Å². The zero-order valence-electron chi connectivity index (χ0n) is 6.92. The van der Waals surface area contributed by atoms with Crippen molar-refractivity contribution in [1.29, 1.82) is 0 Å². The van der Waals surface area contributed by atoms with E-state index in [1.807, 2.05) is 6.07 Å². The quantitative estimate of drug-likeness (QED) is 0.688. The highest BCUT2D eigenvalue weighted by Crippen LogP contribution is 2.18. The van der Waals surface area contributed by atoms with Crippen LogP contribution in [0.2, 0.25) is 0 Å². The van der Waals surface area contributed by atoms with E-state index in [0.29, 0.717) is 11.5 Å². The number of alkyl halides is 1. The third kappa shape index (κ3) is 2.42. The lowest BCUT2D eigenvalue weighted by molar-refractivity contribution is 0.272. The summed E-state index contributed by atoms with van der Waals surface area (Å²) in [7, 11) is 1.58. The molecule has 0 aliphatic rings. The minimum atomic E-state index is -0.475. The van der Waals surface area contributed by atoms with Crippen LogP contribution in [0.1, 0.15) is 0 Å². The summed E-state index contributed by atoms with van der Waals surface area (Å²) in [5, 5.41) is 0. The maximum absolute atomic E-state index is 11.7. The van der Waals surface area contributed by atoms with Gasteiger partial charge in [-0.25, -0.2) is 4.39 Å². The molecule has 1 aromatic carbocycles. The molecule has 3 heteroatoms. The molecule has 0 aromatic heterocycles. The number of hydrogen-bond acceptors (Lipinski definition) is 2. The van der Waals surface area contributed by atoms with Crippen LogP contribution in [-0.4, -0.2) is 20.4 Å². The van der Waals surface area contributed by atoms with Crippen molar-refractivity contribution in [2.75, 3.05) is 20.4 Å². The monoisotopic (exact) mass is 170 g/mol. The Morgan fingerprint density at radius 3 is 2.75 bits per heavy atom. The Balaban J connectivity index is 2.60. The van der Waals surface area contributed by atoms with Crippen LogP contribution in [0.3, 0.4) is 0 Å². The largest absolute Gasteiger partial charge is 0.497 e. The van der Waals surface area contributed by atoms with Crippen molar-refractivity contribution in [3.63, 3.8) is 0 Å². The summed E-state index contributed by atoms with van der Waals surface area (Å²) in [4.78, 5) is 0. The molecule has 0 radical (unpaired) electrons. The lowest BCUT2D eigenvalue weighted by atomic mass is 10.3. The van der Waals surface area contributed by atoms with E-state index in [2.05, 4.69) is 0 Å². The molecule has 0 amide bonds. The maximum Gasteiger partial charge on any atom is 0.123 e. The summed E-state index contributed by atoms with van der Waals surface area (Å²) in [5.41, 5.74) is 0. The molecule has 1 rings (SSSR count). The maximum atomic E-state index is 11.7. The minimum absolute atomic E-state index is 0.0904. The third-order valence-electron chi connectivity index (χ3n) is 1.39. The molecule has 0 unspecified atom stereocenters. The van der Waals surface area contributed by atoms with Gasteiger partial charge in [-0.1, -0.05) is 6.07 Å². The normalized spacial score (nSPS) is 9.50. The van der Waals surface area contributed by atoms with Gasteiger partial charge in [0.1, 0.15) is 24.8 Å². The number of hydrogen-bond donors (Lipinski definition) is 0. The van der Waals surface area contributed by atoms with Gasteiger partial charge in [0, 0.05) is 6.07 Å². The number of benzene rings is 1. The van der Waals surface area contributed by atoms with Crippen LogP contribution >= 0.6 is 0 Å². The first-order valence-corrected chi connectivity index (χ1v) is 3.69. The Bertz CT molecular complexity index is 238. The number of halogens is 1. The lowest BCUT2D eigenvalue weighted by Crippen LogP contribution is -1.98. The van der Waals surface area contributed by atoms with Crippen LogP contribution in [0.25, 0.3) is 0 Å². The van der Waals surface area contributed by atoms with Gasteiger partial charge in [-0.15, -0.1) is 0 Å². The smallest absolute Gasteiger partial charge is 0.123 e. The molecule has 2 nitrogen and oxygen atoms in total. The Labute approximate surface area is 70.9 Å². The molecule has 0 aliphatic carbocycles. The molecular formula is C9H11FO2. The van der Waals surface area contributed by atoms with Gasteiger partial charge in [0.2, 0.25) is 0 Å². The molecule has 0 saturated carbocycles. The van der Waals surface area contributed by atoms with Gasteiger partial charge in [0.15, 0.2) is 0 Å². The molecule has 0 fully saturated rings. The molecule has 0 aliphatic heterocycles. The average Bonchev–Trinajstić information content (AvgIpc) is 2.15. The predicted molar refractivity (Wildman–Crippen MR) is 44.5 cm³/mol. The van der Waals surface area contributed by atoms with Crippen molar-refractivity contribution in [2.45, 2.75) is 0 Å². The van der Waals surface area contributed by atoms with Crippen LogP contribution in [0.4, 0.5) is 4.39 Å². The second kappa shape index (κ2) is 4.59. The number of ether oxygens (including phenoxy) is 2. The van der Waals surface area contributed by atoms with Gasteiger partial charge >= 0.3 is 0 Å². The topological polar surface area (TPSA) is 18.5 Å². The molecule has 0 atom stereocenters. The Morgan fingerprint density at radius 2 is 2.08 bits per heavy atom. The second-order valence-corrected chi connectivity index (χ2v) is 2.22. The van der Waals surface area contributed by atoms with E-state index in [-0.39, 0.29) is 6.61 Å². The van der Waals surface area contributed by atoms with E-state index in [0.717, 1.165) is 0 Å². The van der Waals surface area contributed by atoms with Crippen molar-refractivity contribution < 1.29 is 13.9 Å². The first kappa shape index (κ1) is 8.84. The molecule has 0 N–H and O–H groups in total. The van der Waals surface area contributed by atoms with E-state index in [1.54, 1.807) is 25.3 Å². The summed E-state index contributed by atoms with van der Waals surface area (Å²) < 4.78 is 21.7. The van der Waals surface area contributed by atoms with Crippen molar-refractivity contribution in [3.8, 4) is 11.5 Å². The Morgan fingerprint density at radius 1 is 1.33 bits per heavy atom. The molecule has 1 aromatic rings. The molecule has 0 heterocycles.